The van der Waals surface area contributed by atoms with Crippen molar-refractivity contribution in [3.63, 3.8) is 0 Å². The number of carbonyl (C=O) groups is 2. The second-order valence-corrected chi connectivity index (χ2v) is 5.83. The zero-order chi connectivity index (χ0) is 19.2. The second kappa shape index (κ2) is 12.6. The van der Waals surface area contributed by atoms with E-state index in [2.05, 4.69) is 16.7 Å². The lowest BCUT2D eigenvalue weighted by Crippen LogP contribution is -2.18. The van der Waals surface area contributed by atoms with Crippen molar-refractivity contribution in [2.75, 3.05) is 13.7 Å². The highest BCUT2D eigenvalue weighted by Crippen LogP contribution is 2.19. The molecule has 6 nitrogen and oxygen atoms in total. The zero-order valence-electron chi connectivity index (χ0n) is 15.4. The summed E-state index contributed by atoms with van der Waals surface area (Å²) in [6.45, 7) is 2.46. The van der Waals surface area contributed by atoms with E-state index >= 15 is 0 Å². The molecule has 0 aliphatic carbocycles. The minimum atomic E-state index is -1.11. The maximum atomic E-state index is 12.0. The summed E-state index contributed by atoms with van der Waals surface area (Å²) in [5, 5.41) is 9.17. The Morgan fingerprint density at radius 3 is 2.58 bits per heavy atom. The van der Waals surface area contributed by atoms with Crippen molar-refractivity contribution >= 4 is 23.8 Å². The molecule has 0 aliphatic rings. The number of para-hydroxylation sites is 1. The summed E-state index contributed by atoms with van der Waals surface area (Å²) in [4.78, 5) is 27.8. The fraction of sp³-hybridized carbons (Fsp3) is 0.500. The van der Waals surface area contributed by atoms with Gasteiger partial charge in [-0.25, -0.2) is 4.79 Å². The Bertz CT molecular complexity index is 649. The molecule has 0 N–H and O–H groups in total. The number of nitriles is 1. The minimum Gasteiger partial charge on any atom is -0.465 e. The van der Waals surface area contributed by atoms with Gasteiger partial charge in [-0.05, 0) is 18.6 Å². The molecule has 1 rings (SSSR count). The normalized spacial score (nSPS) is 11.7. The largest absolute Gasteiger partial charge is 0.465 e. The van der Waals surface area contributed by atoms with Crippen LogP contribution in [0.4, 0.5) is 5.69 Å². The van der Waals surface area contributed by atoms with E-state index in [1.54, 1.807) is 24.3 Å². The summed E-state index contributed by atoms with van der Waals surface area (Å²) in [5.74, 6) is -2.27. The monoisotopic (exact) mass is 358 g/mol. The van der Waals surface area contributed by atoms with Crippen molar-refractivity contribution in [2.45, 2.75) is 45.4 Å². The Labute approximate surface area is 154 Å². The molecule has 0 aliphatic heterocycles. The number of rotatable bonds is 11. The smallest absolute Gasteiger partial charge is 0.340 e. The lowest BCUT2D eigenvalue weighted by Gasteiger charge is -2.07. The van der Waals surface area contributed by atoms with Gasteiger partial charge in [-0.1, -0.05) is 51.2 Å². The van der Waals surface area contributed by atoms with Crippen molar-refractivity contribution in [2.24, 2.45) is 10.9 Å². The molecule has 0 fully saturated rings. The number of nitrogens with zero attached hydrogens (tertiary/aromatic N) is 2. The summed E-state index contributed by atoms with van der Waals surface area (Å²) in [6, 6.07) is 8.43. The molecular formula is C20H26N2O4. The quantitative estimate of drug-likeness (QED) is 0.336. The van der Waals surface area contributed by atoms with Crippen LogP contribution in [-0.2, 0) is 14.3 Å². The number of methoxy groups -OCH3 is 1. The number of benzene rings is 1. The number of hydrogen-bond donors (Lipinski definition) is 0. The summed E-state index contributed by atoms with van der Waals surface area (Å²) in [7, 11) is 1.28. The van der Waals surface area contributed by atoms with Gasteiger partial charge in [0.1, 0.15) is 0 Å². The molecular weight excluding hydrogens is 332 g/mol. The van der Waals surface area contributed by atoms with E-state index in [1.165, 1.54) is 32.6 Å². The first-order chi connectivity index (χ1) is 12.6. The van der Waals surface area contributed by atoms with Crippen molar-refractivity contribution in [3.05, 3.63) is 29.8 Å². The average Bonchev–Trinajstić information content (AvgIpc) is 2.67. The predicted molar refractivity (Wildman–Crippen MR) is 99.4 cm³/mol. The molecule has 0 bridgehead atoms. The highest BCUT2D eigenvalue weighted by atomic mass is 16.5. The summed E-state index contributed by atoms with van der Waals surface area (Å²) in [5.41, 5.74) is 0.603. The third kappa shape index (κ3) is 7.47. The number of hydrogen-bond acceptors (Lipinski definition) is 6. The van der Waals surface area contributed by atoms with Crippen molar-refractivity contribution in [1.29, 1.82) is 5.26 Å². The Balaban J connectivity index is 2.54. The van der Waals surface area contributed by atoms with Crippen molar-refractivity contribution in [1.82, 2.24) is 0 Å². The highest BCUT2D eigenvalue weighted by molar-refractivity contribution is 5.97. The van der Waals surface area contributed by atoms with Gasteiger partial charge < -0.3 is 9.47 Å². The molecule has 0 heterocycles. The van der Waals surface area contributed by atoms with E-state index in [4.69, 9.17) is 10.00 Å². The van der Waals surface area contributed by atoms with E-state index in [1.807, 2.05) is 6.07 Å². The first-order valence-corrected chi connectivity index (χ1v) is 8.91. The van der Waals surface area contributed by atoms with Gasteiger partial charge >= 0.3 is 11.9 Å². The maximum Gasteiger partial charge on any atom is 0.340 e. The molecule has 0 saturated carbocycles. The lowest BCUT2D eigenvalue weighted by atomic mass is 10.1. The third-order valence-corrected chi connectivity index (χ3v) is 3.81. The van der Waals surface area contributed by atoms with Gasteiger partial charge in [0.15, 0.2) is 5.92 Å². The first-order valence-electron chi connectivity index (χ1n) is 8.91. The molecule has 1 unspecified atom stereocenters. The number of aliphatic imine (C=N–C) groups is 1. The van der Waals surface area contributed by atoms with Crippen LogP contribution in [0.1, 0.15) is 55.8 Å². The molecule has 1 aromatic rings. The zero-order valence-corrected chi connectivity index (χ0v) is 15.4. The van der Waals surface area contributed by atoms with Crippen LogP contribution in [0.15, 0.2) is 29.3 Å². The Hall–Kier alpha value is -2.68. The van der Waals surface area contributed by atoms with Crippen LogP contribution in [-0.4, -0.2) is 31.9 Å². The molecule has 26 heavy (non-hydrogen) atoms. The van der Waals surface area contributed by atoms with Gasteiger partial charge in [0, 0.05) is 6.21 Å². The van der Waals surface area contributed by atoms with Gasteiger partial charge in [-0.15, -0.1) is 0 Å². The molecule has 1 atom stereocenters. The summed E-state index contributed by atoms with van der Waals surface area (Å²) >= 11 is 0. The highest BCUT2D eigenvalue weighted by Gasteiger charge is 2.18. The van der Waals surface area contributed by atoms with Crippen LogP contribution in [0.3, 0.4) is 0 Å². The Morgan fingerprint density at radius 1 is 1.19 bits per heavy atom. The topological polar surface area (TPSA) is 88.8 Å². The molecule has 0 amide bonds. The third-order valence-electron chi connectivity index (χ3n) is 3.81. The predicted octanol–water partition coefficient (Wildman–Crippen LogP) is 4.22. The minimum absolute atomic E-state index is 0.267. The van der Waals surface area contributed by atoms with Crippen molar-refractivity contribution < 1.29 is 19.1 Å². The van der Waals surface area contributed by atoms with Crippen molar-refractivity contribution in [3.8, 4) is 6.07 Å². The molecule has 1 aromatic carbocycles. The standard InChI is InChI=1S/C20H26N2O4/c1-3-4-5-6-7-10-13-26-19(23)16(14-21)15-22-18-12-9-8-11-17(18)20(24)25-2/h8-9,11-12,15-16H,3-7,10,13H2,1-2H3. The lowest BCUT2D eigenvalue weighted by molar-refractivity contribution is -0.144. The van der Waals surface area contributed by atoms with Crippen LogP contribution in [0.2, 0.25) is 0 Å². The van der Waals surface area contributed by atoms with Gasteiger partial charge in [-0.3, -0.25) is 9.79 Å². The van der Waals surface area contributed by atoms with Gasteiger partial charge in [0.2, 0.25) is 0 Å². The Morgan fingerprint density at radius 2 is 1.88 bits per heavy atom. The Kier molecular flexibility index (Phi) is 10.4. The first kappa shape index (κ1) is 21.4. The summed E-state index contributed by atoms with van der Waals surface area (Å²) < 4.78 is 9.83. The molecule has 0 saturated heterocycles. The van der Waals surface area contributed by atoms with Crippen LogP contribution in [0, 0.1) is 17.2 Å². The van der Waals surface area contributed by atoms with Crippen LogP contribution in [0.5, 0.6) is 0 Å². The van der Waals surface area contributed by atoms with Crippen LogP contribution in [0.25, 0.3) is 0 Å². The maximum absolute atomic E-state index is 12.0. The molecule has 0 aromatic heterocycles. The SMILES string of the molecule is CCCCCCCCOC(=O)C(C#N)C=Nc1ccccc1C(=O)OC. The van der Waals surface area contributed by atoms with Gasteiger partial charge in [0.05, 0.1) is 31.0 Å². The van der Waals surface area contributed by atoms with Gasteiger partial charge in [-0.2, -0.15) is 5.26 Å². The molecule has 0 spiro atoms. The fourth-order valence-corrected chi connectivity index (χ4v) is 2.32. The van der Waals surface area contributed by atoms with E-state index in [0.29, 0.717) is 12.3 Å². The van der Waals surface area contributed by atoms with Crippen LogP contribution >= 0.6 is 0 Å². The van der Waals surface area contributed by atoms with E-state index in [0.717, 1.165) is 19.3 Å². The molecule has 0 radical (unpaired) electrons. The van der Waals surface area contributed by atoms with Gasteiger partial charge in [0.25, 0.3) is 0 Å². The number of ether oxygens (including phenoxy) is 2. The van der Waals surface area contributed by atoms with Crippen LogP contribution < -0.4 is 0 Å². The van der Waals surface area contributed by atoms with E-state index in [-0.39, 0.29) is 5.56 Å². The van der Waals surface area contributed by atoms with E-state index < -0.39 is 17.9 Å². The molecule has 140 valence electrons. The second-order valence-electron chi connectivity index (χ2n) is 5.83. The number of carbonyl (C=O) groups excluding carboxylic acids is 2. The molecule has 6 heteroatoms. The number of unbranched alkanes of at least 4 members (excludes halogenated alkanes) is 5. The number of esters is 2. The fourth-order valence-electron chi connectivity index (χ4n) is 2.32. The average molecular weight is 358 g/mol. The van der Waals surface area contributed by atoms with E-state index in [9.17, 15) is 9.59 Å². The summed E-state index contributed by atoms with van der Waals surface area (Å²) in [6.07, 6.45) is 7.72.